The zero-order valence-electron chi connectivity index (χ0n) is 12.1. The maximum atomic E-state index is 12.5. The number of nitrogens with zero attached hydrogens (tertiary/aromatic N) is 3. The number of aromatic nitrogens is 2. The molecule has 0 unspecified atom stereocenters. The average Bonchev–Trinajstić information content (AvgIpc) is 2.78. The molecule has 0 saturated heterocycles. The van der Waals surface area contributed by atoms with Gasteiger partial charge in [0.2, 0.25) is 5.03 Å². The minimum Gasteiger partial charge on any atom is -0.469 e. The van der Waals surface area contributed by atoms with Gasteiger partial charge in [-0.1, -0.05) is 11.6 Å². The molecule has 1 heterocycles. The van der Waals surface area contributed by atoms with E-state index in [0.717, 1.165) is 4.31 Å². The Morgan fingerprint density at radius 1 is 1.43 bits per heavy atom. The normalized spacial score (nSPS) is 11.9. The van der Waals surface area contributed by atoms with Gasteiger partial charge in [-0.2, -0.15) is 4.31 Å². The Bertz CT molecular complexity index is 587. The molecule has 10 heteroatoms. The predicted octanol–water partition coefficient (Wildman–Crippen LogP) is 0.274. The van der Waals surface area contributed by atoms with Gasteiger partial charge in [-0.05, 0) is 0 Å². The fourth-order valence-electron chi connectivity index (χ4n) is 1.55. The van der Waals surface area contributed by atoms with Crippen LogP contribution in [-0.2, 0) is 31.3 Å². The van der Waals surface area contributed by atoms with Crippen molar-refractivity contribution in [1.82, 2.24) is 13.9 Å². The maximum absolute atomic E-state index is 12.5. The van der Waals surface area contributed by atoms with Crippen molar-refractivity contribution in [2.75, 3.05) is 33.9 Å². The molecule has 1 aromatic rings. The van der Waals surface area contributed by atoms with Crippen LogP contribution < -0.4 is 0 Å². The Morgan fingerprint density at radius 3 is 2.57 bits per heavy atom. The van der Waals surface area contributed by atoms with Crippen LogP contribution in [0.2, 0.25) is 5.15 Å². The summed E-state index contributed by atoms with van der Waals surface area (Å²) in [6.45, 7) is 0.235. The first-order chi connectivity index (χ1) is 9.84. The van der Waals surface area contributed by atoms with Crippen LogP contribution >= 0.6 is 11.6 Å². The lowest BCUT2D eigenvalue weighted by molar-refractivity contribution is -0.140. The zero-order valence-corrected chi connectivity index (χ0v) is 13.6. The summed E-state index contributed by atoms with van der Waals surface area (Å²) in [4.78, 5) is 15.0. The highest BCUT2D eigenvalue weighted by Crippen LogP contribution is 2.22. The number of rotatable bonds is 8. The molecular formula is C11H18ClN3O5S. The molecule has 0 aliphatic carbocycles. The van der Waals surface area contributed by atoms with E-state index < -0.39 is 16.0 Å². The van der Waals surface area contributed by atoms with Crippen molar-refractivity contribution < 1.29 is 22.7 Å². The minimum atomic E-state index is -3.91. The van der Waals surface area contributed by atoms with Gasteiger partial charge in [0.1, 0.15) is 5.15 Å². The SMILES string of the molecule is COCCN(CCC(=O)OC)S(=O)(=O)c1ncn(C)c1Cl. The number of imidazole rings is 1. The lowest BCUT2D eigenvalue weighted by Crippen LogP contribution is -2.36. The van der Waals surface area contributed by atoms with Crippen LogP contribution in [0.4, 0.5) is 0 Å². The van der Waals surface area contributed by atoms with Gasteiger partial charge in [0.15, 0.2) is 0 Å². The Labute approximate surface area is 128 Å². The molecule has 0 spiro atoms. The highest BCUT2D eigenvalue weighted by Gasteiger charge is 2.30. The number of methoxy groups -OCH3 is 2. The van der Waals surface area contributed by atoms with Gasteiger partial charge in [0, 0.05) is 27.2 Å². The average molecular weight is 340 g/mol. The molecule has 0 saturated carbocycles. The van der Waals surface area contributed by atoms with E-state index in [1.54, 1.807) is 7.05 Å². The van der Waals surface area contributed by atoms with Crippen molar-refractivity contribution in [3.8, 4) is 0 Å². The number of aryl methyl sites for hydroxylation is 1. The lowest BCUT2D eigenvalue weighted by atomic mass is 10.4. The van der Waals surface area contributed by atoms with Gasteiger partial charge in [0.25, 0.3) is 10.0 Å². The fourth-order valence-corrected chi connectivity index (χ4v) is 3.37. The van der Waals surface area contributed by atoms with E-state index in [1.807, 2.05) is 0 Å². The molecule has 0 amide bonds. The van der Waals surface area contributed by atoms with Crippen molar-refractivity contribution in [3.63, 3.8) is 0 Å². The quantitative estimate of drug-likeness (QED) is 0.632. The second-order valence-corrected chi connectivity index (χ2v) is 6.39. The monoisotopic (exact) mass is 339 g/mol. The van der Waals surface area contributed by atoms with Crippen molar-refractivity contribution in [2.45, 2.75) is 11.4 Å². The zero-order chi connectivity index (χ0) is 16.0. The Hall–Kier alpha value is -1.16. The molecule has 1 aromatic heterocycles. The number of hydrogen-bond donors (Lipinski definition) is 0. The van der Waals surface area contributed by atoms with E-state index in [2.05, 4.69) is 9.72 Å². The molecule has 0 atom stereocenters. The number of halogens is 1. The Kier molecular flexibility index (Phi) is 6.59. The summed E-state index contributed by atoms with van der Waals surface area (Å²) in [5.41, 5.74) is 0. The van der Waals surface area contributed by atoms with E-state index >= 15 is 0 Å². The number of hydrogen-bond acceptors (Lipinski definition) is 6. The number of ether oxygens (including phenoxy) is 2. The summed E-state index contributed by atoms with van der Waals surface area (Å²) < 4.78 is 37.0. The molecule has 0 aliphatic rings. The van der Waals surface area contributed by atoms with Gasteiger partial charge in [-0.15, -0.1) is 0 Å². The second-order valence-electron chi connectivity index (χ2n) is 4.17. The Morgan fingerprint density at radius 2 is 2.10 bits per heavy atom. The molecule has 0 radical (unpaired) electrons. The molecule has 21 heavy (non-hydrogen) atoms. The van der Waals surface area contributed by atoms with Crippen molar-refractivity contribution in [3.05, 3.63) is 11.5 Å². The van der Waals surface area contributed by atoms with Crippen LogP contribution in [0.3, 0.4) is 0 Å². The topological polar surface area (TPSA) is 90.7 Å². The molecule has 0 aliphatic heterocycles. The van der Waals surface area contributed by atoms with Gasteiger partial charge < -0.3 is 14.0 Å². The van der Waals surface area contributed by atoms with Crippen molar-refractivity contribution >= 4 is 27.6 Å². The largest absolute Gasteiger partial charge is 0.469 e. The first kappa shape index (κ1) is 17.9. The summed E-state index contributed by atoms with van der Waals surface area (Å²) in [5, 5.41) is -0.233. The highest BCUT2D eigenvalue weighted by molar-refractivity contribution is 7.89. The number of sulfonamides is 1. The van der Waals surface area contributed by atoms with Crippen LogP contribution in [0.15, 0.2) is 11.4 Å². The van der Waals surface area contributed by atoms with Crippen LogP contribution in [0, 0.1) is 0 Å². The summed E-state index contributed by atoms with van der Waals surface area (Å²) >= 11 is 5.93. The van der Waals surface area contributed by atoms with E-state index in [0.29, 0.717) is 0 Å². The molecule has 120 valence electrons. The smallest absolute Gasteiger partial charge is 0.306 e. The van der Waals surface area contributed by atoms with Crippen LogP contribution in [-0.4, -0.2) is 62.2 Å². The van der Waals surface area contributed by atoms with E-state index in [4.69, 9.17) is 16.3 Å². The molecule has 0 fully saturated rings. The standard InChI is InChI=1S/C11H18ClN3O5S/c1-14-8-13-11(10(14)12)21(17,18)15(6-7-19-2)5-4-9(16)20-3/h8H,4-7H2,1-3H3. The third kappa shape index (κ3) is 4.40. The number of esters is 1. The Balaban J connectivity index is 2.99. The molecule has 1 rings (SSSR count). The van der Waals surface area contributed by atoms with E-state index in [-0.39, 0.29) is 36.3 Å². The third-order valence-electron chi connectivity index (χ3n) is 2.76. The van der Waals surface area contributed by atoms with Crippen LogP contribution in [0.1, 0.15) is 6.42 Å². The van der Waals surface area contributed by atoms with Crippen molar-refractivity contribution in [2.24, 2.45) is 7.05 Å². The maximum Gasteiger partial charge on any atom is 0.306 e. The van der Waals surface area contributed by atoms with E-state index in [1.165, 1.54) is 25.1 Å². The summed E-state index contributed by atoms with van der Waals surface area (Å²) in [6.07, 6.45) is 1.24. The minimum absolute atomic E-state index is 0.00971. The lowest BCUT2D eigenvalue weighted by Gasteiger charge is -2.20. The van der Waals surface area contributed by atoms with E-state index in [9.17, 15) is 13.2 Å². The van der Waals surface area contributed by atoms with Gasteiger partial charge in [-0.25, -0.2) is 13.4 Å². The molecule has 0 bridgehead atoms. The first-order valence-electron chi connectivity index (χ1n) is 6.07. The van der Waals surface area contributed by atoms with Gasteiger partial charge >= 0.3 is 5.97 Å². The number of carbonyl (C=O) groups is 1. The van der Waals surface area contributed by atoms with Gasteiger partial charge in [0.05, 0.1) is 26.5 Å². The highest BCUT2D eigenvalue weighted by atomic mass is 35.5. The molecule has 0 N–H and O–H groups in total. The van der Waals surface area contributed by atoms with Crippen LogP contribution in [0.25, 0.3) is 0 Å². The first-order valence-corrected chi connectivity index (χ1v) is 7.89. The molecular weight excluding hydrogens is 322 g/mol. The summed E-state index contributed by atoms with van der Waals surface area (Å²) in [5.74, 6) is -0.500. The molecule has 0 aromatic carbocycles. The van der Waals surface area contributed by atoms with Crippen molar-refractivity contribution in [1.29, 1.82) is 0 Å². The number of carbonyl (C=O) groups excluding carboxylic acids is 1. The third-order valence-corrected chi connectivity index (χ3v) is 5.15. The second kappa shape index (κ2) is 7.74. The predicted molar refractivity (Wildman–Crippen MR) is 75.5 cm³/mol. The van der Waals surface area contributed by atoms with Crippen LogP contribution in [0.5, 0.6) is 0 Å². The summed E-state index contributed by atoms with van der Waals surface area (Å²) in [6, 6.07) is 0. The van der Waals surface area contributed by atoms with Gasteiger partial charge in [-0.3, -0.25) is 4.79 Å². The fraction of sp³-hybridized carbons (Fsp3) is 0.636. The molecule has 8 nitrogen and oxygen atoms in total. The summed E-state index contributed by atoms with van der Waals surface area (Å²) in [7, 11) is 0.379.